The Balaban J connectivity index is 1.30. The fourth-order valence-electron chi connectivity index (χ4n) is 6.04. The minimum Gasteiger partial charge on any atom is -0.370 e. The van der Waals surface area contributed by atoms with Gasteiger partial charge in [-0.3, -0.25) is 9.59 Å². The molecule has 4 rings (SSSR count). The lowest BCUT2D eigenvalue weighted by Gasteiger charge is -2.37. The molecule has 1 aliphatic heterocycles. The molecule has 1 N–H and O–H groups in total. The fourth-order valence-corrected chi connectivity index (χ4v) is 6.34. The van der Waals surface area contributed by atoms with E-state index in [4.69, 9.17) is 11.6 Å². The normalized spacial score (nSPS) is 22.7. The van der Waals surface area contributed by atoms with Crippen molar-refractivity contribution in [2.24, 2.45) is 11.8 Å². The van der Waals surface area contributed by atoms with Crippen LogP contribution >= 0.6 is 11.6 Å². The van der Waals surface area contributed by atoms with E-state index in [0.29, 0.717) is 17.0 Å². The van der Waals surface area contributed by atoms with E-state index >= 15 is 0 Å². The highest BCUT2D eigenvalue weighted by Crippen LogP contribution is 2.34. The van der Waals surface area contributed by atoms with Gasteiger partial charge in [0.25, 0.3) is 0 Å². The summed E-state index contributed by atoms with van der Waals surface area (Å²) in [5, 5.41) is 3.78. The Hall–Kier alpha value is -1.75. The molecule has 1 saturated heterocycles. The maximum Gasteiger partial charge on any atom is 0.227 e. The van der Waals surface area contributed by atoms with Crippen molar-refractivity contribution in [3.63, 3.8) is 0 Å². The van der Waals surface area contributed by atoms with E-state index < -0.39 is 0 Å². The van der Waals surface area contributed by atoms with Crippen molar-refractivity contribution in [2.45, 2.75) is 89.5 Å². The topological polar surface area (TPSA) is 52.7 Å². The predicted octanol–water partition coefficient (Wildman–Crippen LogP) is 6.26. The summed E-state index contributed by atoms with van der Waals surface area (Å²) < 4.78 is 0. The molecule has 2 amide bonds. The highest BCUT2D eigenvalue weighted by atomic mass is 35.5. The van der Waals surface area contributed by atoms with Crippen LogP contribution in [0, 0.1) is 11.8 Å². The van der Waals surface area contributed by atoms with Gasteiger partial charge in [0.2, 0.25) is 12.3 Å². The fraction of sp³-hybridized carbons (Fsp3) is 0.704. The second-order valence-corrected chi connectivity index (χ2v) is 10.8. The van der Waals surface area contributed by atoms with Crippen LogP contribution in [0.4, 0.5) is 11.4 Å². The van der Waals surface area contributed by atoms with Crippen LogP contribution in [0.1, 0.15) is 83.5 Å². The minimum atomic E-state index is 0.134. The Morgan fingerprint density at radius 3 is 2.45 bits per heavy atom. The van der Waals surface area contributed by atoms with Crippen LogP contribution in [0.5, 0.6) is 0 Å². The molecule has 0 aromatic heterocycles. The lowest BCUT2D eigenvalue weighted by atomic mass is 9.88. The number of carbonyl (C=O) groups is 2. The largest absolute Gasteiger partial charge is 0.370 e. The molecule has 0 radical (unpaired) electrons. The van der Waals surface area contributed by atoms with Crippen molar-refractivity contribution in [2.75, 3.05) is 29.9 Å². The van der Waals surface area contributed by atoms with Gasteiger partial charge in [-0.05, 0) is 69.1 Å². The number of anilines is 2. The number of rotatable bonds is 8. The van der Waals surface area contributed by atoms with Crippen molar-refractivity contribution < 1.29 is 9.59 Å². The monoisotopic (exact) mass is 473 g/mol. The number of hydrogen-bond donors (Lipinski definition) is 1. The van der Waals surface area contributed by atoms with Gasteiger partial charge >= 0.3 is 0 Å². The lowest BCUT2D eigenvalue weighted by molar-refractivity contribution is -0.121. The smallest absolute Gasteiger partial charge is 0.227 e. The first-order valence-corrected chi connectivity index (χ1v) is 13.6. The second-order valence-electron chi connectivity index (χ2n) is 10.4. The molecular weight excluding hydrogens is 434 g/mol. The zero-order valence-corrected chi connectivity index (χ0v) is 20.7. The molecule has 6 heteroatoms. The summed E-state index contributed by atoms with van der Waals surface area (Å²) in [6, 6.07) is 6.39. The lowest BCUT2D eigenvalue weighted by Crippen LogP contribution is -2.40. The zero-order valence-electron chi connectivity index (χ0n) is 19.9. The van der Waals surface area contributed by atoms with Gasteiger partial charge in [0.05, 0.1) is 10.7 Å². The van der Waals surface area contributed by atoms with Crippen LogP contribution in [-0.2, 0) is 9.59 Å². The molecular formula is C27H40ClN3O2. The first kappa shape index (κ1) is 24.4. The van der Waals surface area contributed by atoms with Crippen LogP contribution in [-0.4, -0.2) is 42.9 Å². The summed E-state index contributed by atoms with van der Waals surface area (Å²) >= 11 is 6.68. The number of hydrogen-bond acceptors (Lipinski definition) is 3. The number of nitrogens with zero attached hydrogens (tertiary/aromatic N) is 2. The Labute approximate surface area is 204 Å². The quantitative estimate of drug-likeness (QED) is 0.453. The van der Waals surface area contributed by atoms with Gasteiger partial charge in [-0.15, -0.1) is 0 Å². The van der Waals surface area contributed by atoms with Crippen LogP contribution in [0.2, 0.25) is 5.02 Å². The van der Waals surface area contributed by atoms with Crippen LogP contribution in [0.3, 0.4) is 0 Å². The Morgan fingerprint density at radius 2 is 1.76 bits per heavy atom. The molecule has 1 atom stereocenters. The first-order valence-electron chi connectivity index (χ1n) is 13.2. The van der Waals surface area contributed by atoms with Gasteiger partial charge < -0.3 is 15.1 Å². The summed E-state index contributed by atoms with van der Waals surface area (Å²) in [7, 11) is 0. The summed E-state index contributed by atoms with van der Waals surface area (Å²) in [6.45, 7) is 2.85. The number of carbonyl (C=O) groups excluding carboxylic acids is 2. The van der Waals surface area contributed by atoms with E-state index in [1.54, 1.807) is 0 Å². The first-order chi connectivity index (χ1) is 16.1. The summed E-state index contributed by atoms with van der Waals surface area (Å²) in [5.74, 6) is 0.848. The maximum absolute atomic E-state index is 12.6. The molecule has 2 saturated carbocycles. The number of halogens is 1. The molecule has 33 heavy (non-hydrogen) atoms. The molecule has 3 aliphatic rings. The Morgan fingerprint density at radius 1 is 1.03 bits per heavy atom. The molecule has 182 valence electrons. The molecule has 0 spiro atoms. The van der Waals surface area contributed by atoms with Crippen molar-refractivity contribution >= 4 is 35.3 Å². The Kier molecular flexibility index (Phi) is 8.94. The number of benzene rings is 1. The van der Waals surface area contributed by atoms with Crippen LogP contribution in [0.15, 0.2) is 18.2 Å². The molecule has 5 nitrogen and oxygen atoms in total. The van der Waals surface area contributed by atoms with E-state index in [9.17, 15) is 9.59 Å². The third-order valence-electron chi connectivity index (χ3n) is 8.03. The summed E-state index contributed by atoms with van der Waals surface area (Å²) in [6.07, 6.45) is 16.2. The molecule has 0 bridgehead atoms. The van der Waals surface area contributed by atoms with Gasteiger partial charge in [0, 0.05) is 37.3 Å². The van der Waals surface area contributed by atoms with Crippen molar-refractivity contribution in [3.05, 3.63) is 23.2 Å². The van der Waals surface area contributed by atoms with E-state index in [1.165, 1.54) is 32.1 Å². The van der Waals surface area contributed by atoms with E-state index in [1.807, 2.05) is 12.1 Å². The third-order valence-corrected chi connectivity index (χ3v) is 8.33. The molecule has 3 fully saturated rings. The van der Waals surface area contributed by atoms with E-state index in [-0.39, 0.29) is 11.8 Å². The molecule has 1 aromatic carbocycles. The standard InChI is InChI=1S/C27H40ClN3O2/c28-25-18-23(29-27(33)22-9-3-1-4-10-22)13-14-26(25)30-16-7-8-21(19-30)15-17-31(20-32)24-11-5-2-6-12-24/h13-14,18,20-22,24H,1-12,15-17,19H2,(H,29,33). The average molecular weight is 474 g/mol. The number of nitrogens with one attached hydrogen (secondary N) is 1. The maximum atomic E-state index is 12.6. The predicted molar refractivity (Wildman–Crippen MR) is 136 cm³/mol. The highest BCUT2D eigenvalue weighted by Gasteiger charge is 2.25. The zero-order chi connectivity index (χ0) is 23.0. The van der Waals surface area contributed by atoms with E-state index in [0.717, 1.165) is 88.8 Å². The molecule has 1 aromatic rings. The Bertz CT molecular complexity index is 790. The van der Waals surface area contributed by atoms with Gasteiger partial charge in [0.15, 0.2) is 0 Å². The average Bonchev–Trinajstić information content (AvgIpc) is 2.86. The number of amides is 2. The summed E-state index contributed by atoms with van der Waals surface area (Å²) in [5.41, 5.74) is 1.85. The highest BCUT2D eigenvalue weighted by molar-refractivity contribution is 6.33. The summed E-state index contributed by atoms with van der Waals surface area (Å²) in [4.78, 5) is 28.7. The molecule has 2 aliphatic carbocycles. The third kappa shape index (κ3) is 6.65. The van der Waals surface area contributed by atoms with Crippen molar-refractivity contribution in [1.29, 1.82) is 0 Å². The second kappa shape index (κ2) is 12.1. The van der Waals surface area contributed by atoms with E-state index in [2.05, 4.69) is 21.2 Å². The molecule has 1 heterocycles. The van der Waals surface area contributed by atoms with Crippen molar-refractivity contribution in [3.8, 4) is 0 Å². The SMILES string of the molecule is O=CN(CCC1CCCN(c2ccc(NC(=O)C3CCCCC3)cc2Cl)C1)C1CCCCC1. The molecule has 1 unspecified atom stereocenters. The van der Waals surface area contributed by atoms with Gasteiger partial charge in [-0.1, -0.05) is 50.1 Å². The van der Waals surface area contributed by atoms with Gasteiger partial charge in [-0.2, -0.15) is 0 Å². The van der Waals surface area contributed by atoms with Gasteiger partial charge in [-0.25, -0.2) is 0 Å². The number of piperidine rings is 1. The van der Waals surface area contributed by atoms with Crippen LogP contribution < -0.4 is 10.2 Å². The van der Waals surface area contributed by atoms with Crippen LogP contribution in [0.25, 0.3) is 0 Å². The van der Waals surface area contributed by atoms with Crippen molar-refractivity contribution in [1.82, 2.24) is 4.90 Å². The minimum absolute atomic E-state index is 0.134. The van der Waals surface area contributed by atoms with Gasteiger partial charge in [0.1, 0.15) is 0 Å².